The Balaban J connectivity index is 1.69. The van der Waals surface area contributed by atoms with Crippen molar-refractivity contribution in [2.75, 3.05) is 0 Å². The zero-order valence-electron chi connectivity index (χ0n) is 18.9. The van der Waals surface area contributed by atoms with Gasteiger partial charge in [-0.3, -0.25) is 4.98 Å². The zero-order valence-corrected chi connectivity index (χ0v) is 18.9. The van der Waals surface area contributed by atoms with E-state index in [1.165, 1.54) is 11.6 Å². The van der Waals surface area contributed by atoms with Crippen molar-refractivity contribution < 1.29 is 8.78 Å². The van der Waals surface area contributed by atoms with Gasteiger partial charge in [-0.1, -0.05) is 39.0 Å². The molecule has 4 rings (SSSR count). The normalized spacial score (nSPS) is 12.2. The molecule has 0 fully saturated rings. The lowest BCUT2D eigenvalue weighted by Gasteiger charge is -2.23. The summed E-state index contributed by atoms with van der Waals surface area (Å²) in [4.78, 5) is 7.93. The number of pyridine rings is 2. The number of benzene rings is 1. The third-order valence-electron chi connectivity index (χ3n) is 5.69. The Hall–Kier alpha value is -3.41. The molecule has 0 aliphatic rings. The fraction of sp³-hybridized carbons (Fsp3) is 0.269. The minimum atomic E-state index is -0.879. The van der Waals surface area contributed by atoms with Gasteiger partial charge in [0.1, 0.15) is 0 Å². The Morgan fingerprint density at radius 3 is 2.25 bits per heavy atom. The molecule has 4 nitrogen and oxygen atoms in total. The molecule has 0 saturated carbocycles. The second-order valence-electron chi connectivity index (χ2n) is 9.45. The predicted molar refractivity (Wildman–Crippen MR) is 122 cm³/mol. The molecule has 164 valence electrons. The highest BCUT2D eigenvalue weighted by molar-refractivity contribution is 5.59. The van der Waals surface area contributed by atoms with E-state index in [1.807, 2.05) is 55.1 Å². The van der Waals surface area contributed by atoms with E-state index in [-0.39, 0.29) is 11.0 Å². The zero-order chi connectivity index (χ0) is 23.1. The molecule has 0 unspecified atom stereocenters. The molecule has 0 aliphatic carbocycles. The highest BCUT2D eigenvalue weighted by atomic mass is 19.1. The van der Waals surface area contributed by atoms with Crippen molar-refractivity contribution in [1.29, 1.82) is 0 Å². The summed E-state index contributed by atoms with van der Waals surface area (Å²) in [5.41, 5.74) is 3.85. The summed E-state index contributed by atoms with van der Waals surface area (Å²) in [5, 5.41) is 4.82. The van der Waals surface area contributed by atoms with Crippen LogP contribution in [0.3, 0.4) is 0 Å². The number of halogens is 2. The van der Waals surface area contributed by atoms with E-state index in [4.69, 9.17) is 5.10 Å². The van der Waals surface area contributed by atoms with E-state index >= 15 is 0 Å². The lowest BCUT2D eigenvalue weighted by molar-refractivity contribution is 0.514. The van der Waals surface area contributed by atoms with Gasteiger partial charge in [0.15, 0.2) is 0 Å². The Kier molecular flexibility index (Phi) is 5.41. The monoisotopic (exact) mass is 432 g/mol. The van der Waals surface area contributed by atoms with Gasteiger partial charge < -0.3 is 0 Å². The Morgan fingerprint density at radius 2 is 1.53 bits per heavy atom. The smallest absolute Gasteiger partial charge is 0.224 e. The van der Waals surface area contributed by atoms with Crippen LogP contribution in [0.15, 0.2) is 66.9 Å². The van der Waals surface area contributed by atoms with Crippen molar-refractivity contribution in [1.82, 2.24) is 19.7 Å². The number of aromatic nitrogens is 4. The quantitative estimate of drug-likeness (QED) is 0.359. The molecule has 0 amide bonds. The van der Waals surface area contributed by atoms with Crippen LogP contribution in [0.4, 0.5) is 8.78 Å². The van der Waals surface area contributed by atoms with Gasteiger partial charge >= 0.3 is 0 Å². The van der Waals surface area contributed by atoms with Crippen molar-refractivity contribution in [2.45, 2.75) is 45.4 Å². The van der Waals surface area contributed by atoms with E-state index in [0.717, 1.165) is 23.1 Å². The first-order valence-electron chi connectivity index (χ1n) is 10.5. The third-order valence-corrected chi connectivity index (χ3v) is 5.69. The molecule has 4 aromatic rings. The lowest BCUT2D eigenvalue weighted by Crippen LogP contribution is -2.22. The molecule has 32 heavy (non-hydrogen) atoms. The minimum Gasteiger partial charge on any atom is -0.252 e. The molecule has 0 N–H and O–H groups in total. The van der Waals surface area contributed by atoms with Gasteiger partial charge in [0.25, 0.3) is 0 Å². The second kappa shape index (κ2) is 7.93. The summed E-state index contributed by atoms with van der Waals surface area (Å²) in [5.74, 6) is -1.74. The Bertz CT molecular complexity index is 1270. The van der Waals surface area contributed by atoms with Crippen molar-refractivity contribution in [2.24, 2.45) is 0 Å². The van der Waals surface area contributed by atoms with Gasteiger partial charge in [0.05, 0.1) is 33.7 Å². The van der Waals surface area contributed by atoms with E-state index in [9.17, 15) is 8.78 Å². The lowest BCUT2D eigenvalue weighted by atomic mass is 9.85. The van der Waals surface area contributed by atoms with E-state index in [0.29, 0.717) is 5.69 Å². The second-order valence-corrected chi connectivity index (χ2v) is 9.45. The van der Waals surface area contributed by atoms with Crippen LogP contribution in [0.1, 0.15) is 51.6 Å². The van der Waals surface area contributed by atoms with Gasteiger partial charge in [-0.05, 0) is 67.3 Å². The summed E-state index contributed by atoms with van der Waals surface area (Å²) in [6, 6.07) is 18.2. The van der Waals surface area contributed by atoms with E-state index in [1.54, 1.807) is 6.07 Å². The molecular weight excluding hydrogens is 406 g/mol. The van der Waals surface area contributed by atoms with Gasteiger partial charge in [0.2, 0.25) is 11.9 Å². The maximum atomic E-state index is 14.2. The first-order chi connectivity index (χ1) is 15.1. The topological polar surface area (TPSA) is 43.6 Å². The van der Waals surface area contributed by atoms with Crippen molar-refractivity contribution in [3.63, 3.8) is 0 Å². The molecule has 0 saturated heterocycles. The third kappa shape index (κ3) is 4.17. The summed E-state index contributed by atoms with van der Waals surface area (Å²) in [6.07, 6.45) is 1.94. The van der Waals surface area contributed by atoms with Gasteiger partial charge in [-0.25, -0.2) is 4.68 Å². The Labute approximate surface area is 187 Å². The van der Waals surface area contributed by atoms with Gasteiger partial charge in [0, 0.05) is 6.20 Å². The number of hydrogen-bond acceptors (Lipinski definition) is 3. The van der Waals surface area contributed by atoms with Gasteiger partial charge in [-0.2, -0.15) is 18.9 Å². The maximum Gasteiger partial charge on any atom is 0.224 e. The standard InChI is InChI=1S/C26H26F2N4/c1-25(2,3)17-8-6-9-18(16-17)32-15-14-22(31-32)26(4,5)21-11-7-10-20(29-21)19-12-13-23(27)30-24(19)28/h6-16H,1-5H3. The predicted octanol–water partition coefficient (Wildman–Crippen LogP) is 6.23. The number of rotatable bonds is 4. The largest absolute Gasteiger partial charge is 0.252 e. The fourth-order valence-electron chi connectivity index (χ4n) is 3.58. The van der Waals surface area contributed by atoms with Crippen LogP contribution in [-0.2, 0) is 10.8 Å². The average molecular weight is 433 g/mol. The summed E-state index contributed by atoms with van der Waals surface area (Å²) in [7, 11) is 0. The first-order valence-corrected chi connectivity index (χ1v) is 10.5. The van der Waals surface area contributed by atoms with Crippen LogP contribution >= 0.6 is 0 Å². The van der Waals surface area contributed by atoms with Gasteiger partial charge in [-0.15, -0.1) is 0 Å². The molecular formula is C26H26F2N4. The molecule has 0 bridgehead atoms. The van der Waals surface area contributed by atoms with Crippen LogP contribution in [-0.4, -0.2) is 19.7 Å². The highest BCUT2D eigenvalue weighted by Gasteiger charge is 2.28. The molecule has 3 heterocycles. The summed E-state index contributed by atoms with van der Waals surface area (Å²) in [6.45, 7) is 10.6. The average Bonchev–Trinajstić information content (AvgIpc) is 3.25. The van der Waals surface area contributed by atoms with E-state index < -0.39 is 17.3 Å². The minimum absolute atomic E-state index is 0.0418. The maximum absolute atomic E-state index is 14.2. The Morgan fingerprint density at radius 1 is 0.781 bits per heavy atom. The van der Waals surface area contributed by atoms with Crippen LogP contribution in [0.2, 0.25) is 0 Å². The molecule has 0 spiro atoms. The van der Waals surface area contributed by atoms with E-state index in [2.05, 4.69) is 42.9 Å². The molecule has 0 atom stereocenters. The molecule has 6 heteroatoms. The molecule has 1 aromatic carbocycles. The number of nitrogens with zero attached hydrogens (tertiary/aromatic N) is 4. The van der Waals surface area contributed by atoms with Crippen molar-refractivity contribution >= 4 is 0 Å². The molecule has 0 aliphatic heterocycles. The van der Waals surface area contributed by atoms with Crippen molar-refractivity contribution in [3.05, 3.63) is 95.7 Å². The molecule has 3 aromatic heterocycles. The summed E-state index contributed by atoms with van der Waals surface area (Å²) >= 11 is 0. The van der Waals surface area contributed by atoms with Crippen molar-refractivity contribution in [3.8, 4) is 16.9 Å². The molecule has 0 radical (unpaired) electrons. The number of hydrogen-bond donors (Lipinski definition) is 0. The SMILES string of the molecule is CC(C)(C)c1cccc(-n2ccc(C(C)(C)c3cccc(-c4ccc(F)nc4F)n3)n2)c1. The first kappa shape index (κ1) is 21.8. The highest BCUT2D eigenvalue weighted by Crippen LogP contribution is 2.32. The van der Waals surface area contributed by atoms with Crippen LogP contribution < -0.4 is 0 Å². The van der Waals surface area contributed by atoms with Crippen LogP contribution in [0.5, 0.6) is 0 Å². The van der Waals surface area contributed by atoms with Crippen LogP contribution in [0.25, 0.3) is 16.9 Å². The van der Waals surface area contributed by atoms with Crippen LogP contribution in [0, 0.1) is 11.9 Å². The fourth-order valence-corrected chi connectivity index (χ4v) is 3.58. The summed E-state index contributed by atoms with van der Waals surface area (Å²) < 4.78 is 29.3.